The first-order chi connectivity index (χ1) is 14.7. The number of carbonyl (C=O) groups is 2. The molecule has 2 heterocycles. The van der Waals surface area contributed by atoms with Crippen molar-refractivity contribution < 1.29 is 23.8 Å². The average molecular weight is 494 g/mol. The highest BCUT2D eigenvalue weighted by atomic mass is 79.9. The lowest BCUT2D eigenvalue weighted by Crippen LogP contribution is -2.50. The van der Waals surface area contributed by atoms with Gasteiger partial charge in [-0.25, -0.2) is 9.37 Å². The number of likely N-dealkylation sites (N-methyl/N-ethyl adjacent to an activating group) is 1. The van der Waals surface area contributed by atoms with Gasteiger partial charge in [0.15, 0.2) is 0 Å². The molecule has 1 aliphatic rings. The van der Waals surface area contributed by atoms with Gasteiger partial charge in [-0.1, -0.05) is 19.1 Å². The fraction of sp³-hybridized carbons (Fsp3) is 0.409. The minimum atomic E-state index is -0.587. The summed E-state index contributed by atoms with van der Waals surface area (Å²) < 4.78 is 20.8. The minimum absolute atomic E-state index is 0.0170. The van der Waals surface area contributed by atoms with Gasteiger partial charge >= 0.3 is 0 Å². The first-order valence-corrected chi connectivity index (χ1v) is 10.8. The second-order valence-electron chi connectivity index (χ2n) is 7.79. The van der Waals surface area contributed by atoms with E-state index >= 15 is 0 Å². The average Bonchev–Trinajstić information content (AvgIpc) is 2.76. The first-order valence-electron chi connectivity index (χ1n) is 9.97. The summed E-state index contributed by atoms with van der Waals surface area (Å²) in [7, 11) is 1.58. The van der Waals surface area contributed by atoms with E-state index in [-0.39, 0.29) is 42.0 Å². The van der Waals surface area contributed by atoms with Crippen molar-refractivity contribution in [3.63, 3.8) is 0 Å². The number of benzene rings is 1. The number of fused-ring (bicyclic) bond motifs is 1. The van der Waals surface area contributed by atoms with Crippen molar-refractivity contribution in [1.29, 1.82) is 0 Å². The Kier molecular flexibility index (Phi) is 7.27. The maximum Gasteiger partial charge on any atom is 0.259 e. The van der Waals surface area contributed by atoms with Crippen molar-refractivity contribution in [2.24, 2.45) is 5.92 Å². The monoisotopic (exact) mass is 493 g/mol. The molecule has 1 aromatic heterocycles. The molecule has 0 saturated heterocycles. The molecule has 1 aliphatic heterocycles. The SMILES string of the molecule is C[C@@H]1CN([C@H](C)CO)C(=O)c2cc(Br)cnc2O[C@@H]1CN(C)C(=O)c1ccccc1F. The third-order valence-corrected chi connectivity index (χ3v) is 5.83. The van der Waals surface area contributed by atoms with Gasteiger partial charge in [-0.15, -0.1) is 0 Å². The molecule has 0 fully saturated rings. The topological polar surface area (TPSA) is 83.0 Å². The number of amides is 2. The van der Waals surface area contributed by atoms with E-state index in [1.807, 2.05) is 6.92 Å². The van der Waals surface area contributed by atoms with Gasteiger partial charge in [-0.2, -0.15) is 0 Å². The molecule has 7 nitrogen and oxygen atoms in total. The van der Waals surface area contributed by atoms with Crippen LogP contribution in [0.4, 0.5) is 4.39 Å². The molecule has 3 rings (SSSR count). The van der Waals surface area contributed by atoms with Crippen LogP contribution >= 0.6 is 15.9 Å². The van der Waals surface area contributed by atoms with Gasteiger partial charge in [0.1, 0.15) is 17.5 Å². The predicted molar refractivity (Wildman–Crippen MR) is 116 cm³/mol. The lowest BCUT2D eigenvalue weighted by Gasteiger charge is -2.37. The summed E-state index contributed by atoms with van der Waals surface area (Å²) in [6, 6.07) is 7.04. The summed E-state index contributed by atoms with van der Waals surface area (Å²) in [5.74, 6) is -1.36. The summed E-state index contributed by atoms with van der Waals surface area (Å²) in [4.78, 5) is 33.1. The molecule has 9 heteroatoms. The Hall–Kier alpha value is -2.52. The van der Waals surface area contributed by atoms with Gasteiger partial charge in [0, 0.05) is 30.2 Å². The van der Waals surface area contributed by atoms with Gasteiger partial charge < -0.3 is 19.6 Å². The maximum atomic E-state index is 14.1. The molecule has 3 atom stereocenters. The number of rotatable bonds is 5. The zero-order chi connectivity index (χ0) is 22.7. The normalized spacial score (nSPS) is 19.7. The zero-order valence-electron chi connectivity index (χ0n) is 17.6. The molecule has 0 spiro atoms. The molecule has 0 aliphatic carbocycles. The second-order valence-corrected chi connectivity index (χ2v) is 8.71. The number of aliphatic hydroxyl groups is 1. The number of hydrogen-bond donors (Lipinski definition) is 1. The second kappa shape index (κ2) is 9.74. The lowest BCUT2D eigenvalue weighted by molar-refractivity contribution is 0.0312. The summed E-state index contributed by atoms with van der Waals surface area (Å²) in [6.07, 6.45) is 1.03. The number of aromatic nitrogens is 1. The maximum absolute atomic E-state index is 14.1. The molecule has 2 amide bonds. The Labute approximate surface area is 189 Å². The van der Waals surface area contributed by atoms with Crippen molar-refractivity contribution in [3.8, 4) is 5.88 Å². The van der Waals surface area contributed by atoms with Crippen LogP contribution in [0.1, 0.15) is 34.6 Å². The predicted octanol–water partition coefficient (Wildman–Crippen LogP) is 2.98. The zero-order valence-corrected chi connectivity index (χ0v) is 19.2. The molecule has 0 radical (unpaired) electrons. The van der Waals surface area contributed by atoms with Crippen LogP contribution in [0.5, 0.6) is 5.88 Å². The highest BCUT2D eigenvalue weighted by Gasteiger charge is 2.34. The van der Waals surface area contributed by atoms with Crippen molar-refractivity contribution in [2.75, 3.05) is 26.7 Å². The van der Waals surface area contributed by atoms with E-state index in [0.29, 0.717) is 11.0 Å². The van der Waals surface area contributed by atoms with Crippen LogP contribution in [0.2, 0.25) is 0 Å². The summed E-state index contributed by atoms with van der Waals surface area (Å²) >= 11 is 3.33. The van der Waals surface area contributed by atoms with Crippen LogP contribution in [0.25, 0.3) is 0 Å². The van der Waals surface area contributed by atoms with E-state index in [1.54, 1.807) is 31.0 Å². The number of carbonyl (C=O) groups excluding carboxylic acids is 2. The van der Waals surface area contributed by atoms with Crippen LogP contribution in [0.3, 0.4) is 0 Å². The summed E-state index contributed by atoms with van der Waals surface area (Å²) in [5.41, 5.74) is 0.256. The van der Waals surface area contributed by atoms with Crippen molar-refractivity contribution >= 4 is 27.7 Å². The number of pyridine rings is 1. The highest BCUT2D eigenvalue weighted by molar-refractivity contribution is 9.10. The Morgan fingerprint density at radius 1 is 1.45 bits per heavy atom. The summed E-state index contributed by atoms with van der Waals surface area (Å²) in [6.45, 7) is 3.97. The van der Waals surface area contributed by atoms with E-state index in [1.165, 1.54) is 29.3 Å². The standard InChI is InChI=1S/C22H25BrFN3O4/c1-13-10-27(14(2)12-28)22(30)17-8-15(23)9-25-20(17)31-19(13)11-26(3)21(29)16-6-4-5-7-18(16)24/h4-9,13-14,19,28H,10-12H2,1-3H3/t13-,14-,19-/m1/s1. The Balaban J connectivity index is 1.91. The van der Waals surface area contributed by atoms with Gasteiger partial charge in [0.05, 0.1) is 24.8 Å². The van der Waals surface area contributed by atoms with E-state index in [4.69, 9.17) is 4.74 Å². The number of nitrogens with zero attached hydrogens (tertiary/aromatic N) is 3. The number of ether oxygens (including phenoxy) is 1. The van der Waals surface area contributed by atoms with Gasteiger partial charge in [-0.3, -0.25) is 9.59 Å². The molecule has 1 N–H and O–H groups in total. The van der Waals surface area contributed by atoms with Gasteiger partial charge in [0.25, 0.3) is 11.8 Å². The highest BCUT2D eigenvalue weighted by Crippen LogP contribution is 2.28. The molecule has 166 valence electrons. The van der Waals surface area contributed by atoms with Crippen molar-refractivity contribution in [3.05, 3.63) is 57.9 Å². The first kappa shape index (κ1) is 23.1. The third-order valence-electron chi connectivity index (χ3n) is 5.39. The quantitative estimate of drug-likeness (QED) is 0.692. The van der Waals surface area contributed by atoms with Crippen LogP contribution in [0, 0.1) is 11.7 Å². The largest absolute Gasteiger partial charge is 0.472 e. The van der Waals surface area contributed by atoms with E-state index in [9.17, 15) is 19.1 Å². The number of aliphatic hydroxyl groups excluding tert-OH is 1. The molecule has 2 aromatic rings. The Morgan fingerprint density at radius 2 is 2.16 bits per heavy atom. The fourth-order valence-electron chi connectivity index (χ4n) is 3.49. The molecular weight excluding hydrogens is 469 g/mol. The van der Waals surface area contributed by atoms with E-state index < -0.39 is 23.9 Å². The summed E-state index contributed by atoms with van der Waals surface area (Å²) in [5, 5.41) is 9.65. The van der Waals surface area contributed by atoms with Crippen LogP contribution in [-0.2, 0) is 0 Å². The molecular formula is C22H25BrFN3O4. The Morgan fingerprint density at radius 3 is 2.84 bits per heavy atom. The van der Waals surface area contributed by atoms with Crippen molar-refractivity contribution in [2.45, 2.75) is 26.0 Å². The number of halogens is 2. The molecule has 1 aromatic carbocycles. The lowest BCUT2D eigenvalue weighted by atomic mass is 10.00. The fourth-order valence-corrected chi connectivity index (χ4v) is 3.82. The van der Waals surface area contributed by atoms with E-state index in [0.717, 1.165) is 0 Å². The molecule has 0 bridgehead atoms. The molecule has 31 heavy (non-hydrogen) atoms. The van der Waals surface area contributed by atoms with Crippen LogP contribution in [0.15, 0.2) is 41.0 Å². The Bertz CT molecular complexity index is 974. The van der Waals surface area contributed by atoms with Crippen LogP contribution in [-0.4, -0.2) is 70.6 Å². The van der Waals surface area contributed by atoms with Gasteiger partial charge in [0.2, 0.25) is 5.88 Å². The molecule has 0 saturated carbocycles. The smallest absolute Gasteiger partial charge is 0.259 e. The molecule has 0 unspecified atom stereocenters. The van der Waals surface area contributed by atoms with Crippen LogP contribution < -0.4 is 4.74 Å². The third kappa shape index (κ3) is 5.04. The van der Waals surface area contributed by atoms with Crippen molar-refractivity contribution in [1.82, 2.24) is 14.8 Å². The van der Waals surface area contributed by atoms with E-state index in [2.05, 4.69) is 20.9 Å². The minimum Gasteiger partial charge on any atom is -0.472 e. The van der Waals surface area contributed by atoms with Gasteiger partial charge in [-0.05, 0) is 41.1 Å². The number of hydrogen-bond acceptors (Lipinski definition) is 5.